The number of nitrogens with zero attached hydrogens (tertiary/aromatic N) is 1. The molecule has 2 N–H and O–H groups in total. The highest BCUT2D eigenvalue weighted by Crippen LogP contribution is 2.29. The van der Waals surface area contributed by atoms with Crippen molar-refractivity contribution in [1.82, 2.24) is 4.90 Å². The third-order valence-electron chi connectivity index (χ3n) is 3.23. The molecule has 0 amide bonds. The summed E-state index contributed by atoms with van der Waals surface area (Å²) in [7, 11) is 0. The van der Waals surface area contributed by atoms with E-state index in [4.69, 9.17) is 10.5 Å². The van der Waals surface area contributed by atoms with Crippen molar-refractivity contribution in [2.45, 2.75) is 39.8 Å². The molecular formula is C15H26N2O. The van der Waals surface area contributed by atoms with E-state index in [2.05, 4.69) is 37.8 Å². The number of hydrogen-bond acceptors (Lipinski definition) is 3. The topological polar surface area (TPSA) is 38.5 Å². The Morgan fingerprint density at radius 1 is 1.22 bits per heavy atom. The summed E-state index contributed by atoms with van der Waals surface area (Å²) in [6, 6.07) is 8.89. The third-order valence-corrected chi connectivity index (χ3v) is 3.23. The van der Waals surface area contributed by atoms with Crippen LogP contribution >= 0.6 is 0 Å². The smallest absolute Gasteiger partial charge is 0.124 e. The van der Waals surface area contributed by atoms with E-state index < -0.39 is 0 Å². The van der Waals surface area contributed by atoms with Crippen molar-refractivity contribution in [2.24, 2.45) is 5.73 Å². The van der Waals surface area contributed by atoms with Gasteiger partial charge in [-0.05, 0) is 33.4 Å². The van der Waals surface area contributed by atoms with Crippen molar-refractivity contribution >= 4 is 0 Å². The van der Waals surface area contributed by atoms with E-state index in [0.717, 1.165) is 12.3 Å². The standard InChI is InChI=1S/C15H26N2O/c1-5-17(12(3)4)14(11-16)13-9-7-8-10-15(13)18-6-2/h7-10,12,14H,5-6,11,16H2,1-4H3. The molecule has 0 heterocycles. The first kappa shape index (κ1) is 15.0. The minimum atomic E-state index is 0.220. The van der Waals surface area contributed by atoms with Gasteiger partial charge in [-0.25, -0.2) is 0 Å². The molecule has 0 bridgehead atoms. The molecule has 1 rings (SSSR count). The predicted molar refractivity (Wildman–Crippen MR) is 76.9 cm³/mol. The number of ether oxygens (including phenoxy) is 1. The maximum Gasteiger partial charge on any atom is 0.124 e. The Kier molecular flexibility index (Phi) is 6.16. The fourth-order valence-electron chi connectivity index (χ4n) is 2.43. The fourth-order valence-corrected chi connectivity index (χ4v) is 2.43. The summed E-state index contributed by atoms with van der Waals surface area (Å²) in [5.41, 5.74) is 7.18. The normalized spacial score (nSPS) is 13.1. The lowest BCUT2D eigenvalue weighted by Gasteiger charge is -2.34. The molecule has 0 aromatic heterocycles. The number of likely N-dealkylation sites (N-methyl/N-ethyl adjacent to an activating group) is 1. The molecule has 1 unspecified atom stereocenters. The zero-order valence-corrected chi connectivity index (χ0v) is 12.0. The molecule has 1 aromatic rings. The van der Waals surface area contributed by atoms with Crippen molar-refractivity contribution < 1.29 is 4.74 Å². The van der Waals surface area contributed by atoms with Crippen LogP contribution in [-0.2, 0) is 0 Å². The number of benzene rings is 1. The van der Waals surface area contributed by atoms with E-state index >= 15 is 0 Å². The van der Waals surface area contributed by atoms with Gasteiger partial charge in [0.15, 0.2) is 0 Å². The van der Waals surface area contributed by atoms with Gasteiger partial charge in [0.25, 0.3) is 0 Å². The maximum absolute atomic E-state index is 5.99. The Morgan fingerprint density at radius 2 is 1.89 bits per heavy atom. The van der Waals surface area contributed by atoms with Gasteiger partial charge in [0.05, 0.1) is 12.6 Å². The van der Waals surface area contributed by atoms with Crippen LogP contribution in [0.5, 0.6) is 5.75 Å². The molecule has 3 nitrogen and oxygen atoms in total. The molecule has 0 aliphatic heterocycles. The van der Waals surface area contributed by atoms with Gasteiger partial charge >= 0.3 is 0 Å². The molecule has 0 aliphatic carbocycles. The summed E-state index contributed by atoms with van der Waals surface area (Å²) in [4.78, 5) is 2.40. The lowest BCUT2D eigenvalue weighted by Crippen LogP contribution is -2.38. The Hall–Kier alpha value is -1.06. The molecule has 1 atom stereocenters. The zero-order valence-electron chi connectivity index (χ0n) is 12.0. The van der Waals surface area contributed by atoms with Gasteiger partial charge in [-0.1, -0.05) is 25.1 Å². The van der Waals surface area contributed by atoms with Crippen LogP contribution in [0.3, 0.4) is 0 Å². The van der Waals surface area contributed by atoms with Crippen LogP contribution < -0.4 is 10.5 Å². The molecule has 0 fully saturated rings. The Morgan fingerprint density at radius 3 is 2.39 bits per heavy atom. The van der Waals surface area contributed by atoms with Crippen LogP contribution in [0, 0.1) is 0 Å². The molecule has 1 aromatic carbocycles. The molecule has 0 saturated heterocycles. The van der Waals surface area contributed by atoms with Gasteiger partial charge in [-0.15, -0.1) is 0 Å². The third kappa shape index (κ3) is 3.47. The van der Waals surface area contributed by atoms with Crippen LogP contribution in [0.1, 0.15) is 39.3 Å². The Bertz CT molecular complexity index is 352. The van der Waals surface area contributed by atoms with E-state index in [-0.39, 0.29) is 6.04 Å². The van der Waals surface area contributed by atoms with E-state index in [1.165, 1.54) is 5.56 Å². The predicted octanol–water partition coefficient (Wildman–Crippen LogP) is 2.82. The quantitative estimate of drug-likeness (QED) is 0.808. The molecule has 102 valence electrons. The van der Waals surface area contributed by atoms with E-state index in [1.54, 1.807) is 0 Å². The molecular weight excluding hydrogens is 224 g/mol. The van der Waals surface area contributed by atoms with Crippen LogP contribution in [0.2, 0.25) is 0 Å². The summed E-state index contributed by atoms with van der Waals surface area (Å²) in [6.45, 7) is 10.9. The first-order valence-corrected chi connectivity index (χ1v) is 6.83. The van der Waals surface area contributed by atoms with E-state index in [1.807, 2.05) is 19.1 Å². The highest BCUT2D eigenvalue weighted by atomic mass is 16.5. The highest BCUT2D eigenvalue weighted by Gasteiger charge is 2.22. The largest absolute Gasteiger partial charge is 0.494 e. The molecule has 3 heteroatoms. The molecule has 0 saturated carbocycles. The second-order valence-electron chi connectivity index (χ2n) is 4.65. The van der Waals surface area contributed by atoms with E-state index in [9.17, 15) is 0 Å². The van der Waals surface area contributed by atoms with Gasteiger partial charge in [-0.3, -0.25) is 4.90 Å². The average molecular weight is 250 g/mol. The van der Waals surface area contributed by atoms with Gasteiger partial charge in [0.2, 0.25) is 0 Å². The van der Waals surface area contributed by atoms with Gasteiger partial charge in [0, 0.05) is 18.2 Å². The monoisotopic (exact) mass is 250 g/mol. The Balaban J connectivity index is 3.07. The minimum Gasteiger partial charge on any atom is -0.494 e. The van der Waals surface area contributed by atoms with Gasteiger partial charge < -0.3 is 10.5 Å². The zero-order chi connectivity index (χ0) is 13.5. The first-order chi connectivity index (χ1) is 8.65. The second kappa shape index (κ2) is 7.39. The second-order valence-corrected chi connectivity index (χ2v) is 4.65. The van der Waals surface area contributed by atoms with Crippen molar-refractivity contribution in [2.75, 3.05) is 19.7 Å². The summed E-state index contributed by atoms with van der Waals surface area (Å²) in [5, 5.41) is 0. The lowest BCUT2D eigenvalue weighted by molar-refractivity contribution is 0.163. The number of hydrogen-bond donors (Lipinski definition) is 1. The van der Waals surface area contributed by atoms with Crippen molar-refractivity contribution in [3.63, 3.8) is 0 Å². The van der Waals surface area contributed by atoms with Gasteiger partial charge in [-0.2, -0.15) is 0 Å². The van der Waals surface area contributed by atoms with Crippen molar-refractivity contribution in [3.05, 3.63) is 29.8 Å². The number of nitrogens with two attached hydrogens (primary N) is 1. The van der Waals surface area contributed by atoms with Crippen LogP contribution in [0.4, 0.5) is 0 Å². The summed E-state index contributed by atoms with van der Waals surface area (Å²) < 4.78 is 5.71. The summed E-state index contributed by atoms with van der Waals surface area (Å²) in [6.07, 6.45) is 0. The highest BCUT2D eigenvalue weighted by molar-refractivity contribution is 5.36. The van der Waals surface area contributed by atoms with Crippen LogP contribution in [-0.4, -0.2) is 30.6 Å². The van der Waals surface area contributed by atoms with Crippen LogP contribution in [0.25, 0.3) is 0 Å². The molecule has 0 radical (unpaired) electrons. The SMILES string of the molecule is CCOc1ccccc1C(CN)N(CC)C(C)C. The van der Waals surface area contributed by atoms with Crippen LogP contribution in [0.15, 0.2) is 24.3 Å². The fraction of sp³-hybridized carbons (Fsp3) is 0.600. The maximum atomic E-state index is 5.99. The average Bonchev–Trinajstić information content (AvgIpc) is 2.36. The number of rotatable bonds is 7. The van der Waals surface area contributed by atoms with Crippen molar-refractivity contribution in [3.8, 4) is 5.75 Å². The number of para-hydroxylation sites is 1. The van der Waals surface area contributed by atoms with E-state index in [0.29, 0.717) is 19.2 Å². The Labute approximate surface area is 111 Å². The first-order valence-electron chi connectivity index (χ1n) is 6.83. The molecule has 18 heavy (non-hydrogen) atoms. The summed E-state index contributed by atoms with van der Waals surface area (Å²) >= 11 is 0. The lowest BCUT2D eigenvalue weighted by atomic mass is 10.0. The minimum absolute atomic E-state index is 0.220. The molecule has 0 aliphatic rings. The summed E-state index contributed by atoms with van der Waals surface area (Å²) in [5.74, 6) is 0.953. The van der Waals surface area contributed by atoms with Crippen molar-refractivity contribution in [1.29, 1.82) is 0 Å². The van der Waals surface area contributed by atoms with Gasteiger partial charge in [0.1, 0.15) is 5.75 Å². The molecule has 0 spiro atoms.